The van der Waals surface area contributed by atoms with E-state index in [0.717, 1.165) is 35.6 Å². The van der Waals surface area contributed by atoms with Crippen LogP contribution in [-0.4, -0.2) is 47.9 Å². The fraction of sp³-hybridized carbons (Fsp3) is 0.296. The van der Waals surface area contributed by atoms with E-state index < -0.39 is 0 Å². The molecular weight excluding hydrogens is 436 g/mol. The molecule has 1 aromatic carbocycles. The summed E-state index contributed by atoms with van der Waals surface area (Å²) in [6.07, 6.45) is 11.2. The zero-order valence-corrected chi connectivity index (χ0v) is 19.8. The van der Waals surface area contributed by atoms with E-state index in [1.54, 1.807) is 4.68 Å². The summed E-state index contributed by atoms with van der Waals surface area (Å²) < 4.78 is 1.77. The van der Waals surface area contributed by atoms with Gasteiger partial charge in [0, 0.05) is 17.2 Å². The lowest BCUT2D eigenvalue weighted by atomic mass is 10.1. The molecule has 8 nitrogen and oxygen atoms in total. The molecule has 1 atom stereocenters. The van der Waals surface area contributed by atoms with E-state index in [9.17, 15) is 0 Å². The van der Waals surface area contributed by atoms with Crippen molar-refractivity contribution < 1.29 is 0 Å². The molecule has 0 saturated carbocycles. The highest BCUT2D eigenvalue weighted by Crippen LogP contribution is 2.25. The number of nitrogens with two attached hydrogens (primary N) is 1. The number of hydrogen-bond acceptors (Lipinski definition) is 7. The molecule has 1 aliphatic heterocycles. The number of benzene rings is 1. The molecule has 2 N–H and O–H groups in total. The highest BCUT2D eigenvalue weighted by atomic mass is 15.4. The van der Waals surface area contributed by atoms with Crippen LogP contribution in [0.5, 0.6) is 0 Å². The second-order valence-corrected chi connectivity index (χ2v) is 8.85. The monoisotopic (exact) mass is 464 g/mol. The summed E-state index contributed by atoms with van der Waals surface area (Å²) >= 11 is 0. The molecule has 5 rings (SSSR count). The van der Waals surface area contributed by atoms with Crippen LogP contribution < -0.4 is 5.73 Å². The van der Waals surface area contributed by atoms with Crippen LogP contribution in [0.2, 0.25) is 0 Å². The Hall–Kier alpha value is -4.09. The molecule has 4 aromatic rings. The van der Waals surface area contributed by atoms with Gasteiger partial charge in [0.2, 0.25) is 5.95 Å². The number of nitrogens with zero attached hydrogens (tertiary/aromatic N) is 7. The molecule has 8 heteroatoms. The molecule has 0 spiro atoms. The van der Waals surface area contributed by atoms with Gasteiger partial charge in [-0.3, -0.25) is 9.88 Å². The van der Waals surface area contributed by atoms with E-state index in [-0.39, 0.29) is 5.95 Å². The van der Waals surface area contributed by atoms with Crippen molar-refractivity contribution in [3.8, 4) is 35.0 Å². The Morgan fingerprint density at radius 1 is 0.971 bits per heavy atom. The Labute approximate surface area is 205 Å². The van der Waals surface area contributed by atoms with Crippen molar-refractivity contribution in [2.75, 3.05) is 18.8 Å². The highest BCUT2D eigenvalue weighted by molar-refractivity contribution is 5.68. The number of pyridine rings is 1. The van der Waals surface area contributed by atoms with Gasteiger partial charge in [-0.2, -0.15) is 0 Å². The maximum atomic E-state index is 6.01. The van der Waals surface area contributed by atoms with Gasteiger partial charge in [0.25, 0.3) is 0 Å². The van der Waals surface area contributed by atoms with Gasteiger partial charge in [0.05, 0.1) is 35.5 Å². The molecule has 1 fully saturated rings. The topological polar surface area (TPSA) is 98.6 Å². The average Bonchev–Trinajstić information content (AvgIpc) is 3.37. The predicted octanol–water partition coefficient (Wildman–Crippen LogP) is 3.96. The van der Waals surface area contributed by atoms with Gasteiger partial charge in [-0.15, -0.1) is 11.5 Å². The van der Waals surface area contributed by atoms with Crippen molar-refractivity contribution >= 4 is 5.95 Å². The van der Waals surface area contributed by atoms with Crippen molar-refractivity contribution in [2.45, 2.75) is 38.8 Å². The average molecular weight is 465 g/mol. The number of anilines is 1. The number of likely N-dealkylation sites (tertiary alicyclic amines) is 1. The standard InChI is InChI=1S/C27H28N8/c1-3-20-9-7-10-21(15-20)24-16-25(31-27(28)30-24)26-18-35(33-32-26)17-22-11-8-12-23(29-22)19(2)34-13-5-4-6-14-34/h1,7-12,15-16,18-19H,4-6,13-14,17H2,2H3,(H2,28,30,31)/t19-/m1/s1. The Balaban J connectivity index is 1.35. The smallest absolute Gasteiger partial charge is 0.221 e. The maximum Gasteiger partial charge on any atom is 0.221 e. The summed E-state index contributed by atoms with van der Waals surface area (Å²) in [4.78, 5) is 16.2. The minimum absolute atomic E-state index is 0.166. The quantitative estimate of drug-likeness (QED) is 0.431. The van der Waals surface area contributed by atoms with Crippen molar-refractivity contribution in [2.24, 2.45) is 0 Å². The molecule has 0 radical (unpaired) electrons. The van der Waals surface area contributed by atoms with Gasteiger partial charge in [0.15, 0.2) is 0 Å². The second-order valence-electron chi connectivity index (χ2n) is 8.85. The van der Waals surface area contributed by atoms with Crippen molar-refractivity contribution in [1.29, 1.82) is 0 Å². The molecule has 0 unspecified atom stereocenters. The largest absolute Gasteiger partial charge is 0.368 e. The molecule has 0 bridgehead atoms. The second kappa shape index (κ2) is 10.0. The molecule has 0 aliphatic carbocycles. The van der Waals surface area contributed by atoms with Crippen LogP contribution in [0, 0.1) is 12.3 Å². The van der Waals surface area contributed by atoms with Gasteiger partial charge < -0.3 is 5.73 Å². The van der Waals surface area contributed by atoms with E-state index in [2.05, 4.69) is 50.2 Å². The third-order valence-corrected chi connectivity index (χ3v) is 6.39. The fourth-order valence-corrected chi connectivity index (χ4v) is 4.48. The third-order valence-electron chi connectivity index (χ3n) is 6.39. The fourth-order valence-electron chi connectivity index (χ4n) is 4.48. The minimum Gasteiger partial charge on any atom is -0.368 e. The number of aromatic nitrogens is 6. The first kappa shape index (κ1) is 22.7. The molecule has 3 aromatic heterocycles. The van der Waals surface area contributed by atoms with Crippen LogP contribution in [0.15, 0.2) is 54.7 Å². The summed E-state index contributed by atoms with van der Waals surface area (Å²) in [5, 5.41) is 8.62. The van der Waals surface area contributed by atoms with Gasteiger partial charge >= 0.3 is 0 Å². The van der Waals surface area contributed by atoms with E-state index in [1.807, 2.05) is 42.6 Å². The van der Waals surface area contributed by atoms with Crippen molar-refractivity contribution in [3.05, 3.63) is 71.7 Å². The maximum absolute atomic E-state index is 6.01. The van der Waals surface area contributed by atoms with Crippen molar-refractivity contribution in [3.63, 3.8) is 0 Å². The number of terminal acetylenes is 1. The molecule has 1 saturated heterocycles. The summed E-state index contributed by atoms with van der Waals surface area (Å²) in [6.45, 7) is 5.03. The van der Waals surface area contributed by atoms with E-state index >= 15 is 0 Å². The van der Waals surface area contributed by atoms with Gasteiger partial charge in [-0.05, 0) is 63.2 Å². The highest BCUT2D eigenvalue weighted by Gasteiger charge is 2.19. The molecule has 1 aliphatic rings. The normalized spacial score (nSPS) is 15.0. The van der Waals surface area contributed by atoms with E-state index in [1.165, 1.54) is 19.3 Å². The predicted molar refractivity (Wildman–Crippen MR) is 136 cm³/mol. The first-order valence-electron chi connectivity index (χ1n) is 11.9. The zero-order valence-electron chi connectivity index (χ0n) is 19.8. The van der Waals surface area contributed by atoms with E-state index in [0.29, 0.717) is 29.7 Å². The van der Waals surface area contributed by atoms with Crippen LogP contribution >= 0.6 is 0 Å². The number of hydrogen-bond donors (Lipinski definition) is 1. The van der Waals surface area contributed by atoms with Gasteiger partial charge in [0.1, 0.15) is 5.69 Å². The Morgan fingerprint density at radius 2 is 1.77 bits per heavy atom. The Kier molecular flexibility index (Phi) is 6.51. The molecule has 176 valence electrons. The first-order chi connectivity index (χ1) is 17.1. The van der Waals surface area contributed by atoms with Gasteiger partial charge in [-0.25, -0.2) is 14.6 Å². The first-order valence-corrected chi connectivity index (χ1v) is 11.9. The van der Waals surface area contributed by atoms with Crippen molar-refractivity contribution in [1.82, 2.24) is 34.8 Å². The van der Waals surface area contributed by atoms with E-state index in [4.69, 9.17) is 17.1 Å². The molecule has 0 amide bonds. The van der Waals surface area contributed by atoms with Crippen LogP contribution in [0.4, 0.5) is 5.95 Å². The number of piperidine rings is 1. The zero-order chi connectivity index (χ0) is 24.2. The summed E-state index contributed by atoms with van der Waals surface area (Å²) in [6, 6.07) is 15.9. The summed E-state index contributed by atoms with van der Waals surface area (Å²) in [7, 11) is 0. The lowest BCUT2D eigenvalue weighted by Gasteiger charge is -2.32. The minimum atomic E-state index is 0.166. The lowest BCUT2D eigenvalue weighted by molar-refractivity contribution is 0.172. The molecular formula is C27H28N8. The summed E-state index contributed by atoms with van der Waals surface area (Å²) in [5.41, 5.74) is 11.6. The number of nitrogen functional groups attached to an aromatic ring is 1. The Bertz CT molecular complexity index is 1360. The summed E-state index contributed by atoms with van der Waals surface area (Å²) in [5.74, 6) is 2.81. The van der Waals surface area contributed by atoms with Crippen LogP contribution in [0.3, 0.4) is 0 Å². The Morgan fingerprint density at radius 3 is 2.60 bits per heavy atom. The lowest BCUT2D eigenvalue weighted by Crippen LogP contribution is -2.32. The van der Waals surface area contributed by atoms with Crippen LogP contribution in [0.25, 0.3) is 22.6 Å². The molecule has 4 heterocycles. The molecule has 35 heavy (non-hydrogen) atoms. The van der Waals surface area contributed by atoms with Crippen LogP contribution in [0.1, 0.15) is 49.2 Å². The van der Waals surface area contributed by atoms with Gasteiger partial charge in [-0.1, -0.05) is 35.8 Å². The SMILES string of the molecule is C#Cc1cccc(-c2cc(-c3cn(Cc4cccc([C@@H](C)N5CCCCC5)n4)nn3)nc(N)n2)c1. The van der Waals surface area contributed by atoms with Crippen LogP contribution in [-0.2, 0) is 6.54 Å². The third kappa shape index (κ3) is 5.20. The number of rotatable bonds is 6.